The Kier molecular flexibility index (Phi) is 3.27. The summed E-state index contributed by atoms with van der Waals surface area (Å²) in [6, 6.07) is 9.46. The molecular formula is C11H10N4O2. The van der Waals surface area contributed by atoms with Crippen LogP contribution in [-0.4, -0.2) is 21.1 Å². The topological polar surface area (TPSA) is 87.1 Å². The van der Waals surface area contributed by atoms with Crippen LogP contribution in [0, 0.1) is 0 Å². The Morgan fingerprint density at radius 2 is 1.88 bits per heavy atom. The molecule has 6 nitrogen and oxygen atoms in total. The SMILES string of the molecule is O=C(NO)c1cnc(Nc2ccccc2)cn1. The van der Waals surface area contributed by atoms with Gasteiger partial charge in [0.05, 0.1) is 12.4 Å². The standard InChI is InChI=1S/C11H10N4O2/c16-11(15-17)9-6-13-10(7-12-9)14-8-4-2-1-3-5-8/h1-7,17H,(H,13,14)(H,15,16). The third kappa shape index (κ3) is 2.76. The highest BCUT2D eigenvalue weighted by molar-refractivity contribution is 5.91. The summed E-state index contributed by atoms with van der Waals surface area (Å²) in [6.45, 7) is 0. The number of rotatable bonds is 3. The molecule has 1 amide bonds. The summed E-state index contributed by atoms with van der Waals surface area (Å²) in [5, 5.41) is 11.4. The maximum atomic E-state index is 11.0. The van der Waals surface area contributed by atoms with Gasteiger partial charge in [0, 0.05) is 5.69 Å². The molecular weight excluding hydrogens is 220 g/mol. The predicted molar refractivity (Wildman–Crippen MR) is 61.0 cm³/mol. The third-order valence-electron chi connectivity index (χ3n) is 2.03. The molecule has 0 aliphatic carbocycles. The van der Waals surface area contributed by atoms with E-state index in [-0.39, 0.29) is 5.69 Å². The number of hydrogen-bond acceptors (Lipinski definition) is 5. The summed E-state index contributed by atoms with van der Waals surface area (Å²) in [5.41, 5.74) is 2.41. The number of benzene rings is 1. The number of nitrogens with zero attached hydrogens (tertiary/aromatic N) is 2. The van der Waals surface area contributed by atoms with E-state index >= 15 is 0 Å². The van der Waals surface area contributed by atoms with Gasteiger partial charge in [-0.1, -0.05) is 18.2 Å². The Hall–Kier alpha value is -2.47. The summed E-state index contributed by atoms with van der Waals surface area (Å²) < 4.78 is 0. The lowest BCUT2D eigenvalue weighted by Crippen LogP contribution is -2.20. The number of hydroxylamine groups is 1. The van der Waals surface area contributed by atoms with Gasteiger partial charge >= 0.3 is 0 Å². The summed E-state index contributed by atoms with van der Waals surface area (Å²) >= 11 is 0. The predicted octanol–water partition coefficient (Wildman–Crippen LogP) is 1.34. The van der Waals surface area contributed by atoms with Crippen molar-refractivity contribution >= 4 is 17.4 Å². The molecule has 1 heterocycles. The van der Waals surface area contributed by atoms with Crippen molar-refractivity contribution in [1.29, 1.82) is 0 Å². The van der Waals surface area contributed by atoms with Gasteiger partial charge in [0.2, 0.25) is 0 Å². The molecule has 0 aliphatic rings. The van der Waals surface area contributed by atoms with Gasteiger partial charge < -0.3 is 5.32 Å². The largest absolute Gasteiger partial charge is 0.339 e. The van der Waals surface area contributed by atoms with E-state index in [9.17, 15) is 4.79 Å². The summed E-state index contributed by atoms with van der Waals surface area (Å²) in [4.78, 5) is 18.8. The van der Waals surface area contributed by atoms with Crippen molar-refractivity contribution in [3.8, 4) is 0 Å². The fraction of sp³-hybridized carbons (Fsp3) is 0. The zero-order valence-electron chi connectivity index (χ0n) is 8.79. The van der Waals surface area contributed by atoms with Crippen LogP contribution in [0.2, 0.25) is 0 Å². The van der Waals surface area contributed by atoms with E-state index in [1.54, 1.807) is 0 Å². The van der Waals surface area contributed by atoms with Crippen molar-refractivity contribution < 1.29 is 10.0 Å². The highest BCUT2D eigenvalue weighted by atomic mass is 16.5. The first-order chi connectivity index (χ1) is 8.29. The zero-order valence-corrected chi connectivity index (χ0v) is 8.79. The first-order valence-corrected chi connectivity index (χ1v) is 4.88. The van der Waals surface area contributed by atoms with Crippen molar-refractivity contribution in [2.75, 3.05) is 5.32 Å². The second-order valence-corrected chi connectivity index (χ2v) is 3.22. The molecule has 0 unspecified atom stereocenters. The monoisotopic (exact) mass is 230 g/mol. The third-order valence-corrected chi connectivity index (χ3v) is 2.03. The Morgan fingerprint density at radius 1 is 1.12 bits per heavy atom. The number of anilines is 2. The van der Waals surface area contributed by atoms with E-state index in [4.69, 9.17) is 5.21 Å². The van der Waals surface area contributed by atoms with Crippen molar-refractivity contribution in [2.24, 2.45) is 0 Å². The maximum Gasteiger partial charge on any atom is 0.294 e. The van der Waals surface area contributed by atoms with Crippen LogP contribution in [0.1, 0.15) is 10.5 Å². The normalized spacial score (nSPS) is 9.71. The minimum atomic E-state index is -0.691. The number of carbonyl (C=O) groups is 1. The summed E-state index contributed by atoms with van der Waals surface area (Å²) in [6.07, 6.45) is 2.69. The molecule has 0 fully saturated rings. The zero-order chi connectivity index (χ0) is 12.1. The second kappa shape index (κ2) is 5.04. The molecule has 0 radical (unpaired) electrons. The number of amides is 1. The van der Waals surface area contributed by atoms with Gasteiger partial charge in [0.25, 0.3) is 5.91 Å². The van der Waals surface area contributed by atoms with Crippen LogP contribution in [0.3, 0.4) is 0 Å². The fourth-order valence-electron chi connectivity index (χ4n) is 1.24. The van der Waals surface area contributed by atoms with Gasteiger partial charge in [-0.05, 0) is 12.1 Å². The first-order valence-electron chi connectivity index (χ1n) is 4.88. The molecule has 0 spiro atoms. The first kappa shape index (κ1) is 11.0. The van der Waals surface area contributed by atoms with Gasteiger partial charge in [-0.15, -0.1) is 0 Å². The fourth-order valence-corrected chi connectivity index (χ4v) is 1.24. The molecule has 3 N–H and O–H groups in total. The number of carbonyl (C=O) groups excluding carboxylic acids is 1. The smallest absolute Gasteiger partial charge is 0.294 e. The van der Waals surface area contributed by atoms with Crippen molar-refractivity contribution in [3.05, 3.63) is 48.4 Å². The number of nitrogens with one attached hydrogen (secondary N) is 2. The lowest BCUT2D eigenvalue weighted by molar-refractivity contribution is 0.0700. The Balaban J connectivity index is 2.11. The summed E-state index contributed by atoms with van der Waals surface area (Å²) in [5.74, 6) is -0.172. The molecule has 86 valence electrons. The molecule has 17 heavy (non-hydrogen) atoms. The lowest BCUT2D eigenvalue weighted by atomic mass is 10.3. The highest BCUT2D eigenvalue weighted by Gasteiger charge is 2.05. The minimum absolute atomic E-state index is 0.0473. The number of aromatic nitrogens is 2. The molecule has 6 heteroatoms. The number of para-hydroxylation sites is 1. The van der Waals surface area contributed by atoms with E-state index in [0.29, 0.717) is 5.82 Å². The van der Waals surface area contributed by atoms with E-state index < -0.39 is 5.91 Å². The van der Waals surface area contributed by atoms with Gasteiger partial charge in [-0.3, -0.25) is 10.0 Å². The molecule has 0 saturated heterocycles. The second-order valence-electron chi connectivity index (χ2n) is 3.22. The summed E-state index contributed by atoms with van der Waals surface area (Å²) in [7, 11) is 0. The average molecular weight is 230 g/mol. The quantitative estimate of drug-likeness (QED) is 0.547. The average Bonchev–Trinajstić information content (AvgIpc) is 2.40. The van der Waals surface area contributed by atoms with Gasteiger partial charge in [0.1, 0.15) is 11.5 Å². The molecule has 0 atom stereocenters. The molecule has 0 aliphatic heterocycles. The highest BCUT2D eigenvalue weighted by Crippen LogP contribution is 2.12. The lowest BCUT2D eigenvalue weighted by Gasteiger charge is -2.04. The van der Waals surface area contributed by atoms with Crippen LogP contribution in [0.25, 0.3) is 0 Å². The van der Waals surface area contributed by atoms with E-state index in [0.717, 1.165) is 5.69 Å². The number of hydrogen-bond donors (Lipinski definition) is 3. The van der Waals surface area contributed by atoms with Gasteiger partial charge in [-0.25, -0.2) is 15.4 Å². The Bertz CT molecular complexity index is 499. The van der Waals surface area contributed by atoms with Gasteiger partial charge in [-0.2, -0.15) is 0 Å². The molecule has 2 rings (SSSR count). The van der Waals surface area contributed by atoms with Crippen LogP contribution in [0.15, 0.2) is 42.7 Å². The van der Waals surface area contributed by atoms with E-state index in [1.807, 2.05) is 30.3 Å². The van der Waals surface area contributed by atoms with Crippen LogP contribution in [-0.2, 0) is 0 Å². The van der Waals surface area contributed by atoms with Crippen molar-refractivity contribution in [2.45, 2.75) is 0 Å². The van der Waals surface area contributed by atoms with Crippen LogP contribution in [0.4, 0.5) is 11.5 Å². The van der Waals surface area contributed by atoms with Crippen LogP contribution in [0.5, 0.6) is 0 Å². The maximum absolute atomic E-state index is 11.0. The van der Waals surface area contributed by atoms with E-state index in [1.165, 1.54) is 17.9 Å². The minimum Gasteiger partial charge on any atom is -0.339 e. The molecule has 0 saturated carbocycles. The molecule has 0 bridgehead atoms. The molecule has 2 aromatic rings. The van der Waals surface area contributed by atoms with Crippen LogP contribution >= 0.6 is 0 Å². The Labute approximate surface area is 97.3 Å². The molecule has 1 aromatic carbocycles. The van der Waals surface area contributed by atoms with Gasteiger partial charge in [0.15, 0.2) is 0 Å². The van der Waals surface area contributed by atoms with E-state index in [2.05, 4.69) is 15.3 Å². The van der Waals surface area contributed by atoms with Crippen molar-refractivity contribution in [1.82, 2.24) is 15.4 Å². The Morgan fingerprint density at radius 3 is 2.47 bits per heavy atom. The van der Waals surface area contributed by atoms with Crippen LogP contribution < -0.4 is 10.8 Å². The molecule has 1 aromatic heterocycles. The van der Waals surface area contributed by atoms with Crippen molar-refractivity contribution in [3.63, 3.8) is 0 Å².